The number of likely N-dealkylation sites (N-methyl/N-ethyl adjacent to an activating group) is 1. The maximum absolute atomic E-state index is 11.0. The van der Waals surface area contributed by atoms with Crippen LogP contribution >= 0.6 is 0 Å². The molecule has 12 heteroatoms. The molecule has 0 aromatic heterocycles. The predicted molar refractivity (Wildman–Crippen MR) is 96.9 cm³/mol. The summed E-state index contributed by atoms with van der Waals surface area (Å²) in [5.41, 5.74) is 7.16. The van der Waals surface area contributed by atoms with Crippen LogP contribution in [0, 0.1) is 5.21 Å². The van der Waals surface area contributed by atoms with Crippen LogP contribution in [-0.2, 0) is 9.53 Å². The molecular weight excluding hydrogens is 358 g/mol. The van der Waals surface area contributed by atoms with Gasteiger partial charge in [-0.25, -0.2) is 9.98 Å². The molecule has 6 atom stereocenters. The highest BCUT2D eigenvalue weighted by Crippen LogP contribution is 2.29. The minimum absolute atomic E-state index is 0.126. The van der Waals surface area contributed by atoms with Gasteiger partial charge in [0.25, 0.3) is 0 Å². The average molecular weight is 382 g/mol. The molecule has 150 valence electrons. The highest BCUT2D eigenvalue weighted by molar-refractivity contribution is 5.96. The van der Waals surface area contributed by atoms with Crippen molar-refractivity contribution in [2.75, 3.05) is 20.1 Å². The first-order chi connectivity index (χ1) is 12.9. The van der Waals surface area contributed by atoms with Gasteiger partial charge in [0.05, 0.1) is 6.34 Å². The number of hydrogen-bond donors (Lipinski definition) is 4. The second-order valence-corrected chi connectivity index (χ2v) is 6.83. The highest BCUT2D eigenvalue weighted by Gasteiger charge is 2.49. The van der Waals surface area contributed by atoms with Crippen LogP contribution in [0.3, 0.4) is 0 Å². The summed E-state index contributed by atoms with van der Waals surface area (Å²) in [6.07, 6.45) is -0.661. The third-order valence-corrected chi connectivity index (χ3v) is 4.86. The molecule has 3 heterocycles. The van der Waals surface area contributed by atoms with Gasteiger partial charge in [-0.1, -0.05) is 0 Å². The first kappa shape index (κ1) is 19.6. The lowest BCUT2D eigenvalue weighted by Gasteiger charge is -2.31. The Balaban J connectivity index is 1.55. The number of amidine groups is 1. The van der Waals surface area contributed by atoms with Gasteiger partial charge in [-0.2, -0.15) is 0 Å². The summed E-state index contributed by atoms with van der Waals surface area (Å²) >= 11 is 0. The van der Waals surface area contributed by atoms with Crippen molar-refractivity contribution in [3.8, 4) is 0 Å². The fourth-order valence-electron chi connectivity index (χ4n) is 3.39. The molecule has 0 radical (unpaired) electrons. The molecule has 5 unspecified atom stereocenters. The van der Waals surface area contributed by atoms with Crippen molar-refractivity contribution in [3.63, 3.8) is 0 Å². The van der Waals surface area contributed by atoms with Gasteiger partial charge in [-0.15, -0.1) is 0 Å². The van der Waals surface area contributed by atoms with E-state index in [0.717, 1.165) is 0 Å². The largest absolute Gasteiger partial charge is 0.759 e. The molecule has 3 rings (SSSR count). The van der Waals surface area contributed by atoms with E-state index >= 15 is 0 Å². The maximum atomic E-state index is 11.0. The number of aliphatic imine (C=N–C) groups is 3. The molecular formula is C15H24N7O5-. The van der Waals surface area contributed by atoms with Gasteiger partial charge < -0.3 is 41.2 Å². The Morgan fingerprint density at radius 1 is 1.44 bits per heavy atom. The SMILES string of the molecule is CN(CCCC(=O)N[O-])CC1OC(N2C=NC3C(N)=NC=NC32)C(O)[C@@H]1O. The van der Waals surface area contributed by atoms with E-state index in [4.69, 9.17) is 10.5 Å². The molecule has 0 aromatic rings. The van der Waals surface area contributed by atoms with Gasteiger partial charge in [0.2, 0.25) is 5.91 Å². The minimum Gasteiger partial charge on any atom is -0.759 e. The van der Waals surface area contributed by atoms with Crippen LogP contribution in [0.5, 0.6) is 0 Å². The number of aliphatic hydroxyl groups is 2. The van der Waals surface area contributed by atoms with Gasteiger partial charge in [0, 0.05) is 13.0 Å². The number of hydrogen-bond acceptors (Lipinski definition) is 11. The number of nitrogens with one attached hydrogen (secondary N) is 1. The Kier molecular flexibility index (Phi) is 6.01. The van der Waals surface area contributed by atoms with Crippen LogP contribution < -0.4 is 11.2 Å². The van der Waals surface area contributed by atoms with Crippen molar-refractivity contribution in [1.29, 1.82) is 0 Å². The number of nitrogens with two attached hydrogens (primary N) is 1. The number of amides is 1. The summed E-state index contributed by atoms with van der Waals surface area (Å²) in [5.74, 6) is -0.227. The molecule has 3 aliphatic rings. The van der Waals surface area contributed by atoms with Gasteiger partial charge in [0.1, 0.15) is 36.5 Å². The zero-order valence-electron chi connectivity index (χ0n) is 14.9. The lowest BCUT2D eigenvalue weighted by Crippen LogP contribution is -2.51. The number of aliphatic hydroxyl groups excluding tert-OH is 2. The van der Waals surface area contributed by atoms with Crippen LogP contribution in [0.25, 0.3) is 0 Å². The monoisotopic (exact) mass is 382 g/mol. The number of ether oxygens (including phenoxy) is 1. The normalized spacial score (nSPS) is 34.9. The molecule has 3 aliphatic heterocycles. The molecule has 5 N–H and O–H groups in total. The first-order valence-corrected chi connectivity index (χ1v) is 8.69. The quantitative estimate of drug-likeness (QED) is 0.342. The van der Waals surface area contributed by atoms with Crippen molar-refractivity contribution in [2.24, 2.45) is 20.7 Å². The Morgan fingerprint density at radius 3 is 2.96 bits per heavy atom. The Labute approximate surface area is 156 Å². The molecule has 0 saturated carbocycles. The number of carbonyl (C=O) groups excluding carboxylic acids is 1. The minimum atomic E-state index is -1.14. The third kappa shape index (κ3) is 4.09. The van der Waals surface area contributed by atoms with Crippen LogP contribution in [0.4, 0.5) is 0 Å². The average Bonchev–Trinajstić information content (AvgIpc) is 3.19. The lowest BCUT2D eigenvalue weighted by atomic mass is 10.1. The van der Waals surface area contributed by atoms with Gasteiger partial charge in [-0.05, 0) is 20.0 Å². The lowest BCUT2D eigenvalue weighted by molar-refractivity contribution is -0.120. The van der Waals surface area contributed by atoms with Crippen LogP contribution in [0.1, 0.15) is 12.8 Å². The summed E-state index contributed by atoms with van der Waals surface area (Å²) in [4.78, 5) is 26.9. The zero-order chi connectivity index (χ0) is 19.6. The molecule has 0 aromatic carbocycles. The second-order valence-electron chi connectivity index (χ2n) is 6.83. The number of nitrogens with zero attached hydrogens (tertiary/aromatic N) is 5. The zero-order valence-corrected chi connectivity index (χ0v) is 14.9. The number of fused-ring (bicyclic) bond motifs is 1. The molecule has 27 heavy (non-hydrogen) atoms. The van der Waals surface area contributed by atoms with Crippen LogP contribution in [0.15, 0.2) is 15.0 Å². The summed E-state index contributed by atoms with van der Waals surface area (Å²) in [6.45, 7) is 0.883. The predicted octanol–water partition coefficient (Wildman–Crippen LogP) is -2.80. The highest BCUT2D eigenvalue weighted by atomic mass is 16.6. The second kappa shape index (κ2) is 8.27. The Morgan fingerprint density at radius 2 is 2.22 bits per heavy atom. The Bertz CT molecular complexity index is 642. The molecule has 0 spiro atoms. The van der Waals surface area contributed by atoms with E-state index < -0.39 is 42.7 Å². The number of hydroxylamine groups is 1. The summed E-state index contributed by atoms with van der Waals surface area (Å²) in [7, 11) is 1.81. The molecule has 12 nitrogen and oxygen atoms in total. The van der Waals surface area contributed by atoms with E-state index in [-0.39, 0.29) is 6.42 Å². The number of rotatable bonds is 7. The van der Waals surface area contributed by atoms with Gasteiger partial charge in [0.15, 0.2) is 12.4 Å². The topological polar surface area (TPSA) is 171 Å². The Hall–Kier alpha value is -2.12. The molecule has 0 bridgehead atoms. The molecule has 1 fully saturated rings. The first-order valence-electron chi connectivity index (χ1n) is 8.69. The van der Waals surface area contributed by atoms with E-state index in [1.165, 1.54) is 18.2 Å². The summed E-state index contributed by atoms with van der Waals surface area (Å²) in [5, 5.41) is 31.0. The van der Waals surface area contributed by atoms with E-state index in [1.54, 1.807) is 11.9 Å². The standard InChI is InChI=1S/C15H24N7O5/c1-21(4-2-3-9(23)20-26)5-8-11(24)12(25)15(27-8)22-7-19-10-13(16)17-6-18-14(10)22/h6-8,10-12,14-15,24-25H,2-5H2,1H3,(H3-,16,17,18,20,23,26)/q-1/t8?,10?,11-,12?,14?,15?/m1/s1. The summed E-state index contributed by atoms with van der Waals surface area (Å²) in [6, 6.07) is -0.433. The smallest absolute Gasteiger partial charge is 0.209 e. The fourth-order valence-corrected chi connectivity index (χ4v) is 3.39. The van der Waals surface area contributed by atoms with Crippen molar-refractivity contribution in [3.05, 3.63) is 5.21 Å². The van der Waals surface area contributed by atoms with Crippen molar-refractivity contribution < 1.29 is 19.7 Å². The third-order valence-electron chi connectivity index (χ3n) is 4.86. The van der Waals surface area contributed by atoms with Crippen LogP contribution in [0.2, 0.25) is 0 Å². The van der Waals surface area contributed by atoms with Crippen molar-refractivity contribution in [2.45, 2.75) is 49.6 Å². The summed E-state index contributed by atoms with van der Waals surface area (Å²) < 4.78 is 5.88. The van der Waals surface area contributed by atoms with Gasteiger partial charge in [-0.3, -0.25) is 9.79 Å². The van der Waals surface area contributed by atoms with Gasteiger partial charge >= 0.3 is 0 Å². The van der Waals surface area contributed by atoms with Crippen molar-refractivity contribution in [1.82, 2.24) is 15.3 Å². The van der Waals surface area contributed by atoms with E-state index in [0.29, 0.717) is 25.3 Å². The van der Waals surface area contributed by atoms with Crippen LogP contribution in [-0.4, -0.2) is 101 Å². The van der Waals surface area contributed by atoms with Crippen molar-refractivity contribution >= 4 is 24.4 Å². The van der Waals surface area contributed by atoms with E-state index in [9.17, 15) is 20.2 Å². The molecule has 1 amide bonds. The fraction of sp³-hybridized carbons (Fsp3) is 0.733. The van der Waals surface area contributed by atoms with E-state index in [2.05, 4.69) is 15.0 Å². The molecule has 0 aliphatic carbocycles. The molecule has 1 saturated heterocycles. The maximum Gasteiger partial charge on any atom is 0.209 e. The number of carbonyl (C=O) groups is 1. The van der Waals surface area contributed by atoms with E-state index in [1.807, 2.05) is 4.90 Å².